The van der Waals surface area contributed by atoms with Crippen molar-refractivity contribution in [2.24, 2.45) is 0 Å². The minimum atomic E-state index is -0.290. The van der Waals surface area contributed by atoms with Crippen molar-refractivity contribution in [2.75, 3.05) is 0 Å². The summed E-state index contributed by atoms with van der Waals surface area (Å²) in [4.78, 5) is 12.0. The highest BCUT2D eigenvalue weighted by molar-refractivity contribution is 14.1. The molecule has 0 aromatic heterocycles. The van der Waals surface area contributed by atoms with E-state index in [2.05, 4.69) is 27.9 Å². The largest absolute Gasteiger partial charge is 0.348 e. The van der Waals surface area contributed by atoms with E-state index in [1.165, 1.54) is 12.1 Å². The summed E-state index contributed by atoms with van der Waals surface area (Å²) >= 11 is 7.90. The molecule has 0 bridgehead atoms. The van der Waals surface area contributed by atoms with Gasteiger partial charge in [0.15, 0.2) is 0 Å². The SMILES string of the molecule is O=C(NCc1ccc(F)cc1)c1ccc(Cl)cc1I. The minimum absolute atomic E-state index is 0.176. The molecule has 1 N–H and O–H groups in total. The molecule has 0 atom stereocenters. The van der Waals surface area contributed by atoms with Crippen LogP contribution in [0, 0.1) is 9.39 Å². The molecular formula is C14H10ClFINO. The Bertz CT molecular complexity index is 601. The molecule has 19 heavy (non-hydrogen) atoms. The van der Waals surface area contributed by atoms with Gasteiger partial charge in [-0.15, -0.1) is 0 Å². The zero-order valence-corrected chi connectivity index (χ0v) is 12.7. The Morgan fingerprint density at radius 3 is 2.53 bits per heavy atom. The van der Waals surface area contributed by atoms with Gasteiger partial charge in [0, 0.05) is 15.1 Å². The van der Waals surface area contributed by atoms with Crippen molar-refractivity contribution in [3.63, 3.8) is 0 Å². The van der Waals surface area contributed by atoms with Crippen LogP contribution >= 0.6 is 34.2 Å². The third-order valence-corrected chi connectivity index (χ3v) is 3.67. The quantitative estimate of drug-likeness (QED) is 0.790. The third kappa shape index (κ3) is 3.91. The van der Waals surface area contributed by atoms with Crippen molar-refractivity contribution in [3.05, 3.63) is 68.0 Å². The second-order valence-electron chi connectivity index (χ2n) is 3.93. The summed E-state index contributed by atoms with van der Waals surface area (Å²) in [5.41, 5.74) is 1.42. The summed E-state index contributed by atoms with van der Waals surface area (Å²) in [6, 6.07) is 11.1. The molecule has 2 aromatic carbocycles. The van der Waals surface area contributed by atoms with Crippen molar-refractivity contribution < 1.29 is 9.18 Å². The van der Waals surface area contributed by atoms with Gasteiger partial charge in [-0.25, -0.2) is 4.39 Å². The molecule has 1 amide bonds. The van der Waals surface area contributed by atoms with E-state index in [0.29, 0.717) is 17.1 Å². The predicted molar refractivity (Wildman–Crippen MR) is 81.7 cm³/mol. The topological polar surface area (TPSA) is 29.1 Å². The maximum Gasteiger partial charge on any atom is 0.252 e. The van der Waals surface area contributed by atoms with Gasteiger partial charge in [-0.05, 0) is 58.5 Å². The van der Waals surface area contributed by atoms with Crippen molar-refractivity contribution in [1.29, 1.82) is 0 Å². The summed E-state index contributed by atoms with van der Waals surface area (Å²) in [5, 5.41) is 3.38. The number of rotatable bonds is 3. The first kappa shape index (κ1) is 14.3. The molecule has 0 aliphatic carbocycles. The van der Waals surface area contributed by atoms with Crippen LogP contribution in [0.2, 0.25) is 5.02 Å². The lowest BCUT2D eigenvalue weighted by Gasteiger charge is -2.07. The molecule has 0 unspecified atom stereocenters. The normalized spacial score (nSPS) is 10.3. The first-order valence-electron chi connectivity index (χ1n) is 5.54. The highest BCUT2D eigenvalue weighted by Crippen LogP contribution is 2.18. The minimum Gasteiger partial charge on any atom is -0.348 e. The Morgan fingerprint density at radius 1 is 1.21 bits per heavy atom. The molecule has 0 saturated carbocycles. The summed E-state index contributed by atoms with van der Waals surface area (Å²) in [5.74, 6) is -0.465. The van der Waals surface area contributed by atoms with Crippen LogP contribution in [0.15, 0.2) is 42.5 Å². The molecule has 2 nitrogen and oxygen atoms in total. The molecule has 0 saturated heterocycles. The fraction of sp³-hybridized carbons (Fsp3) is 0.0714. The second kappa shape index (κ2) is 6.34. The zero-order valence-electron chi connectivity index (χ0n) is 9.79. The van der Waals surface area contributed by atoms with Gasteiger partial charge in [-0.1, -0.05) is 23.7 Å². The number of benzene rings is 2. The number of nitrogens with one attached hydrogen (secondary N) is 1. The molecule has 0 radical (unpaired) electrons. The first-order chi connectivity index (χ1) is 9.06. The van der Waals surface area contributed by atoms with E-state index in [-0.39, 0.29) is 11.7 Å². The number of amides is 1. The fourth-order valence-corrected chi connectivity index (χ4v) is 2.67. The van der Waals surface area contributed by atoms with Crippen molar-refractivity contribution in [3.8, 4) is 0 Å². The molecular weight excluding hydrogens is 380 g/mol. The van der Waals surface area contributed by atoms with E-state index >= 15 is 0 Å². The lowest BCUT2D eigenvalue weighted by Crippen LogP contribution is -2.23. The molecule has 2 aromatic rings. The summed E-state index contributed by atoms with van der Waals surface area (Å²) in [6.07, 6.45) is 0. The molecule has 0 aliphatic rings. The Kier molecular flexibility index (Phi) is 4.76. The monoisotopic (exact) mass is 389 g/mol. The zero-order chi connectivity index (χ0) is 13.8. The maximum atomic E-state index is 12.7. The van der Waals surface area contributed by atoms with Gasteiger partial charge >= 0.3 is 0 Å². The van der Waals surface area contributed by atoms with Gasteiger partial charge in [-0.2, -0.15) is 0 Å². The lowest BCUT2D eigenvalue weighted by molar-refractivity contribution is 0.0950. The van der Waals surface area contributed by atoms with Crippen LogP contribution in [0.25, 0.3) is 0 Å². The van der Waals surface area contributed by atoms with Gasteiger partial charge < -0.3 is 5.32 Å². The van der Waals surface area contributed by atoms with Crippen LogP contribution in [0.5, 0.6) is 0 Å². The standard InChI is InChI=1S/C14H10ClFINO/c15-10-3-6-12(13(17)7-10)14(19)18-8-9-1-4-11(16)5-2-9/h1-7H,8H2,(H,18,19). The molecule has 0 spiro atoms. The molecule has 0 heterocycles. The summed E-state index contributed by atoms with van der Waals surface area (Å²) in [7, 11) is 0. The van der Waals surface area contributed by atoms with Gasteiger partial charge in [0.2, 0.25) is 0 Å². The molecule has 0 aliphatic heterocycles. The van der Waals surface area contributed by atoms with Crippen LogP contribution in [0.3, 0.4) is 0 Å². The number of halogens is 3. The van der Waals surface area contributed by atoms with E-state index in [4.69, 9.17) is 11.6 Å². The summed E-state index contributed by atoms with van der Waals surface area (Å²) in [6.45, 7) is 0.359. The number of carbonyl (C=O) groups excluding carboxylic acids is 1. The average molecular weight is 390 g/mol. The Hall–Kier alpha value is -1.14. The fourth-order valence-electron chi connectivity index (χ4n) is 1.55. The van der Waals surface area contributed by atoms with Crippen LogP contribution in [-0.4, -0.2) is 5.91 Å². The lowest BCUT2D eigenvalue weighted by atomic mass is 10.2. The Morgan fingerprint density at radius 2 is 1.89 bits per heavy atom. The number of carbonyl (C=O) groups is 1. The van der Waals surface area contributed by atoms with Crippen molar-refractivity contribution >= 4 is 40.1 Å². The van der Waals surface area contributed by atoms with Crippen LogP contribution in [-0.2, 0) is 6.54 Å². The van der Waals surface area contributed by atoms with Gasteiger partial charge in [-0.3, -0.25) is 4.79 Å². The summed E-state index contributed by atoms with van der Waals surface area (Å²) < 4.78 is 13.5. The first-order valence-corrected chi connectivity index (χ1v) is 6.99. The smallest absolute Gasteiger partial charge is 0.252 e. The van der Waals surface area contributed by atoms with Crippen molar-refractivity contribution in [2.45, 2.75) is 6.54 Å². The van der Waals surface area contributed by atoms with Crippen molar-refractivity contribution in [1.82, 2.24) is 5.32 Å². The highest BCUT2D eigenvalue weighted by atomic mass is 127. The predicted octanol–water partition coefficient (Wildman–Crippen LogP) is 4.01. The van der Waals surface area contributed by atoms with Crippen LogP contribution < -0.4 is 5.32 Å². The molecule has 98 valence electrons. The van der Waals surface area contributed by atoms with E-state index in [1.807, 2.05) is 0 Å². The third-order valence-electron chi connectivity index (χ3n) is 2.54. The Labute approximate surface area is 129 Å². The van der Waals surface area contributed by atoms with Gasteiger partial charge in [0.1, 0.15) is 5.82 Å². The molecule has 0 fully saturated rings. The van der Waals surface area contributed by atoms with E-state index < -0.39 is 0 Å². The van der Waals surface area contributed by atoms with Gasteiger partial charge in [0.05, 0.1) is 5.56 Å². The molecule has 5 heteroatoms. The van der Waals surface area contributed by atoms with Crippen LogP contribution in [0.4, 0.5) is 4.39 Å². The highest BCUT2D eigenvalue weighted by Gasteiger charge is 2.09. The van der Waals surface area contributed by atoms with E-state index in [1.54, 1.807) is 30.3 Å². The number of hydrogen-bond donors (Lipinski definition) is 1. The van der Waals surface area contributed by atoms with Crippen LogP contribution in [0.1, 0.15) is 15.9 Å². The average Bonchev–Trinajstić information content (AvgIpc) is 2.37. The second-order valence-corrected chi connectivity index (χ2v) is 5.53. The Balaban J connectivity index is 2.03. The molecule has 2 rings (SSSR count). The maximum absolute atomic E-state index is 12.7. The number of hydrogen-bond acceptors (Lipinski definition) is 1. The van der Waals surface area contributed by atoms with E-state index in [9.17, 15) is 9.18 Å². The van der Waals surface area contributed by atoms with E-state index in [0.717, 1.165) is 9.13 Å². The van der Waals surface area contributed by atoms with Gasteiger partial charge in [0.25, 0.3) is 5.91 Å².